The minimum Gasteiger partial charge on any atom is -0.353 e. The summed E-state index contributed by atoms with van der Waals surface area (Å²) < 4.78 is 0. The summed E-state index contributed by atoms with van der Waals surface area (Å²) in [4.78, 5) is 25.8. The monoisotopic (exact) mass is 260 g/mol. The third kappa shape index (κ3) is 2.98. The van der Waals surface area contributed by atoms with E-state index in [-0.39, 0.29) is 17.9 Å². The standard InChI is InChI=1S/C15H20N2O2/c1-3-5-9-16-15(19)14-12(11-6-7-11)8-10-17(14)13(18)4-2/h1,4,11-12,14H,2,5-10H2,(H,16,19). The first-order chi connectivity index (χ1) is 9.19. The van der Waals surface area contributed by atoms with Crippen LogP contribution in [-0.2, 0) is 9.59 Å². The zero-order chi connectivity index (χ0) is 13.8. The van der Waals surface area contributed by atoms with Gasteiger partial charge in [-0.2, -0.15) is 0 Å². The highest BCUT2D eigenvalue weighted by atomic mass is 16.2. The third-order valence-corrected chi connectivity index (χ3v) is 3.97. The number of hydrogen-bond acceptors (Lipinski definition) is 2. The Labute approximate surface area is 114 Å². The number of nitrogens with zero attached hydrogens (tertiary/aromatic N) is 1. The number of rotatable bonds is 5. The molecule has 4 nitrogen and oxygen atoms in total. The Bertz CT molecular complexity index is 420. The van der Waals surface area contributed by atoms with Gasteiger partial charge in [0.1, 0.15) is 6.04 Å². The fourth-order valence-electron chi connectivity index (χ4n) is 2.90. The van der Waals surface area contributed by atoms with Crippen LogP contribution in [-0.4, -0.2) is 35.8 Å². The van der Waals surface area contributed by atoms with Crippen LogP contribution in [0.1, 0.15) is 25.7 Å². The zero-order valence-electron chi connectivity index (χ0n) is 11.1. The molecule has 102 valence electrons. The Balaban J connectivity index is 2.05. The first-order valence-electron chi connectivity index (χ1n) is 6.83. The molecule has 0 radical (unpaired) electrons. The molecule has 1 heterocycles. The van der Waals surface area contributed by atoms with E-state index in [2.05, 4.69) is 17.8 Å². The van der Waals surface area contributed by atoms with Crippen molar-refractivity contribution >= 4 is 11.8 Å². The zero-order valence-corrected chi connectivity index (χ0v) is 11.1. The number of carbonyl (C=O) groups excluding carboxylic acids is 2. The molecule has 0 aromatic rings. The summed E-state index contributed by atoms with van der Waals surface area (Å²) in [7, 11) is 0. The van der Waals surface area contributed by atoms with Crippen LogP contribution in [0.25, 0.3) is 0 Å². The van der Waals surface area contributed by atoms with Crippen molar-refractivity contribution in [3.63, 3.8) is 0 Å². The van der Waals surface area contributed by atoms with Crippen molar-refractivity contribution in [2.45, 2.75) is 31.7 Å². The predicted molar refractivity (Wildman–Crippen MR) is 73.0 cm³/mol. The van der Waals surface area contributed by atoms with Gasteiger partial charge in [-0.3, -0.25) is 9.59 Å². The highest BCUT2D eigenvalue weighted by Crippen LogP contribution is 2.44. The Morgan fingerprint density at radius 2 is 2.16 bits per heavy atom. The van der Waals surface area contributed by atoms with Crippen molar-refractivity contribution in [2.75, 3.05) is 13.1 Å². The molecule has 2 rings (SSSR count). The van der Waals surface area contributed by atoms with Gasteiger partial charge in [0.2, 0.25) is 11.8 Å². The van der Waals surface area contributed by atoms with Gasteiger partial charge >= 0.3 is 0 Å². The van der Waals surface area contributed by atoms with Crippen molar-refractivity contribution in [2.24, 2.45) is 11.8 Å². The molecule has 0 aromatic carbocycles. The predicted octanol–water partition coefficient (Wildman–Crippen LogP) is 0.939. The molecule has 2 amide bonds. The van der Waals surface area contributed by atoms with Crippen molar-refractivity contribution in [1.82, 2.24) is 10.2 Å². The number of likely N-dealkylation sites (tertiary alicyclic amines) is 1. The Hall–Kier alpha value is -1.76. The molecule has 2 fully saturated rings. The lowest BCUT2D eigenvalue weighted by Gasteiger charge is -2.26. The Kier molecular flexibility index (Phi) is 4.26. The van der Waals surface area contributed by atoms with Crippen LogP contribution < -0.4 is 5.32 Å². The van der Waals surface area contributed by atoms with E-state index < -0.39 is 0 Å². The molecule has 1 saturated carbocycles. The van der Waals surface area contributed by atoms with Crippen LogP contribution in [0.3, 0.4) is 0 Å². The maximum absolute atomic E-state index is 12.3. The second-order valence-electron chi connectivity index (χ2n) is 5.22. The lowest BCUT2D eigenvalue weighted by molar-refractivity contribution is -0.136. The number of nitrogens with one attached hydrogen (secondary N) is 1. The molecule has 19 heavy (non-hydrogen) atoms. The SMILES string of the molecule is C#CCCNC(=O)C1C(C2CC2)CCN1C(=O)C=C. The van der Waals surface area contributed by atoms with E-state index in [4.69, 9.17) is 6.42 Å². The minimum atomic E-state index is -0.337. The Morgan fingerprint density at radius 1 is 1.42 bits per heavy atom. The van der Waals surface area contributed by atoms with Gasteiger partial charge in [-0.05, 0) is 37.2 Å². The van der Waals surface area contributed by atoms with Gasteiger partial charge in [0.05, 0.1) is 0 Å². The van der Waals surface area contributed by atoms with Gasteiger partial charge in [-0.15, -0.1) is 12.3 Å². The number of carbonyl (C=O) groups is 2. The molecule has 1 aliphatic carbocycles. The summed E-state index contributed by atoms with van der Waals surface area (Å²) in [5, 5.41) is 2.84. The number of amides is 2. The summed E-state index contributed by atoms with van der Waals surface area (Å²) in [6.45, 7) is 4.63. The molecule has 1 aliphatic heterocycles. The average molecular weight is 260 g/mol. The highest BCUT2D eigenvalue weighted by molar-refractivity contribution is 5.93. The molecule has 1 N–H and O–H groups in total. The molecule has 0 aromatic heterocycles. The van der Waals surface area contributed by atoms with Gasteiger partial charge in [-0.25, -0.2) is 0 Å². The normalized spacial score (nSPS) is 25.7. The molecule has 2 atom stereocenters. The smallest absolute Gasteiger partial charge is 0.246 e. The molecule has 2 unspecified atom stereocenters. The first-order valence-corrected chi connectivity index (χ1v) is 6.83. The summed E-state index contributed by atoms with van der Waals surface area (Å²) in [5.41, 5.74) is 0. The van der Waals surface area contributed by atoms with Crippen LogP contribution in [0.4, 0.5) is 0 Å². The first kappa shape index (κ1) is 13.7. The number of hydrogen-bond donors (Lipinski definition) is 1. The molecule has 0 spiro atoms. The second kappa shape index (κ2) is 5.92. The van der Waals surface area contributed by atoms with Gasteiger partial charge in [-0.1, -0.05) is 6.58 Å². The lowest BCUT2D eigenvalue weighted by atomic mass is 9.94. The van der Waals surface area contributed by atoms with E-state index in [0.717, 1.165) is 6.42 Å². The molecule has 1 saturated heterocycles. The summed E-state index contributed by atoms with van der Waals surface area (Å²) in [6, 6.07) is -0.337. The van der Waals surface area contributed by atoms with Crippen molar-refractivity contribution in [3.8, 4) is 12.3 Å². The van der Waals surface area contributed by atoms with E-state index in [1.54, 1.807) is 4.90 Å². The van der Waals surface area contributed by atoms with E-state index in [0.29, 0.717) is 31.3 Å². The third-order valence-electron chi connectivity index (χ3n) is 3.97. The van der Waals surface area contributed by atoms with Gasteiger partial charge in [0.25, 0.3) is 0 Å². The summed E-state index contributed by atoms with van der Waals surface area (Å²) >= 11 is 0. The quantitative estimate of drug-likeness (QED) is 0.454. The van der Waals surface area contributed by atoms with Crippen LogP contribution in [0, 0.1) is 24.2 Å². The maximum atomic E-state index is 12.3. The van der Waals surface area contributed by atoms with Crippen LogP contribution in [0.15, 0.2) is 12.7 Å². The van der Waals surface area contributed by atoms with Crippen molar-refractivity contribution in [3.05, 3.63) is 12.7 Å². The minimum absolute atomic E-state index is 0.0696. The lowest BCUT2D eigenvalue weighted by Crippen LogP contribution is -2.48. The van der Waals surface area contributed by atoms with Crippen molar-refractivity contribution < 1.29 is 9.59 Å². The Morgan fingerprint density at radius 3 is 2.74 bits per heavy atom. The molecule has 0 bridgehead atoms. The van der Waals surface area contributed by atoms with Crippen LogP contribution in [0.5, 0.6) is 0 Å². The van der Waals surface area contributed by atoms with Gasteiger partial charge in [0.15, 0.2) is 0 Å². The van der Waals surface area contributed by atoms with Crippen LogP contribution in [0.2, 0.25) is 0 Å². The topological polar surface area (TPSA) is 49.4 Å². The van der Waals surface area contributed by atoms with E-state index in [1.807, 2.05) is 0 Å². The fourth-order valence-corrected chi connectivity index (χ4v) is 2.90. The van der Waals surface area contributed by atoms with E-state index in [1.165, 1.54) is 18.9 Å². The van der Waals surface area contributed by atoms with Crippen molar-refractivity contribution in [1.29, 1.82) is 0 Å². The van der Waals surface area contributed by atoms with E-state index >= 15 is 0 Å². The molecular weight excluding hydrogens is 240 g/mol. The van der Waals surface area contributed by atoms with Crippen LogP contribution >= 0.6 is 0 Å². The molecule has 4 heteroatoms. The summed E-state index contributed by atoms with van der Waals surface area (Å²) in [6.07, 6.45) is 10.2. The summed E-state index contributed by atoms with van der Waals surface area (Å²) in [5.74, 6) is 3.18. The van der Waals surface area contributed by atoms with Gasteiger partial charge in [0, 0.05) is 19.5 Å². The molecule has 2 aliphatic rings. The fraction of sp³-hybridized carbons (Fsp3) is 0.600. The second-order valence-corrected chi connectivity index (χ2v) is 5.22. The number of terminal acetylenes is 1. The average Bonchev–Trinajstić information content (AvgIpc) is 3.16. The maximum Gasteiger partial charge on any atom is 0.246 e. The molecular formula is C15H20N2O2. The van der Waals surface area contributed by atoms with E-state index in [9.17, 15) is 9.59 Å². The highest BCUT2D eigenvalue weighted by Gasteiger charge is 2.47. The van der Waals surface area contributed by atoms with Gasteiger partial charge < -0.3 is 10.2 Å². The largest absolute Gasteiger partial charge is 0.353 e.